The highest BCUT2D eigenvalue weighted by molar-refractivity contribution is 8.00. The van der Waals surface area contributed by atoms with Crippen LogP contribution < -0.4 is 0 Å². The largest absolute Gasteiger partial charge is 0.344 e. The van der Waals surface area contributed by atoms with Gasteiger partial charge in [0.2, 0.25) is 11.8 Å². The van der Waals surface area contributed by atoms with Gasteiger partial charge in [0.15, 0.2) is 0 Å². The first-order valence-corrected chi connectivity index (χ1v) is 9.41. The van der Waals surface area contributed by atoms with Gasteiger partial charge in [-0.3, -0.25) is 9.59 Å². The van der Waals surface area contributed by atoms with Gasteiger partial charge in [0, 0.05) is 36.6 Å². The van der Waals surface area contributed by atoms with E-state index in [1.165, 1.54) is 0 Å². The van der Waals surface area contributed by atoms with Crippen molar-refractivity contribution in [1.82, 2.24) is 9.80 Å². The van der Waals surface area contributed by atoms with Crippen molar-refractivity contribution in [1.29, 1.82) is 0 Å². The van der Waals surface area contributed by atoms with Gasteiger partial charge in [0.1, 0.15) is 5.37 Å². The Morgan fingerprint density at radius 3 is 2.78 bits per heavy atom. The number of halogens is 1. The first-order chi connectivity index (χ1) is 11.1. The van der Waals surface area contributed by atoms with Crippen LogP contribution in [0.15, 0.2) is 24.3 Å². The molecule has 1 aromatic carbocycles. The first kappa shape index (κ1) is 16.7. The van der Waals surface area contributed by atoms with Crippen molar-refractivity contribution in [3.63, 3.8) is 0 Å². The Morgan fingerprint density at radius 2 is 2.13 bits per heavy atom. The fourth-order valence-electron chi connectivity index (χ4n) is 2.96. The van der Waals surface area contributed by atoms with E-state index in [0.717, 1.165) is 24.8 Å². The number of rotatable bonds is 5. The predicted octanol–water partition coefficient (Wildman–Crippen LogP) is 3.17. The zero-order valence-corrected chi connectivity index (χ0v) is 14.8. The summed E-state index contributed by atoms with van der Waals surface area (Å²) >= 11 is 7.88. The van der Waals surface area contributed by atoms with Crippen LogP contribution in [0.2, 0.25) is 5.02 Å². The van der Waals surface area contributed by atoms with Crippen LogP contribution in [0.4, 0.5) is 0 Å². The number of amides is 2. The van der Waals surface area contributed by atoms with Crippen LogP contribution in [0.5, 0.6) is 0 Å². The summed E-state index contributed by atoms with van der Waals surface area (Å²) in [7, 11) is 1.83. The molecular formula is C17H21ClN2O2S. The van der Waals surface area contributed by atoms with Crippen LogP contribution in [0.3, 0.4) is 0 Å². The first-order valence-electron chi connectivity index (χ1n) is 7.98. The minimum Gasteiger partial charge on any atom is -0.344 e. The number of thioether (sulfide) groups is 1. The van der Waals surface area contributed by atoms with E-state index in [1.54, 1.807) is 16.7 Å². The maximum atomic E-state index is 12.2. The molecule has 124 valence electrons. The van der Waals surface area contributed by atoms with Crippen LogP contribution in [-0.4, -0.2) is 47.5 Å². The Hall–Kier alpha value is -1.20. The molecule has 3 rings (SSSR count). The Morgan fingerprint density at radius 1 is 1.39 bits per heavy atom. The molecule has 1 heterocycles. The van der Waals surface area contributed by atoms with Crippen LogP contribution in [0.25, 0.3) is 0 Å². The van der Waals surface area contributed by atoms with E-state index in [9.17, 15) is 9.59 Å². The summed E-state index contributed by atoms with van der Waals surface area (Å²) in [6.45, 7) is 1.12. The zero-order valence-electron chi connectivity index (χ0n) is 13.2. The summed E-state index contributed by atoms with van der Waals surface area (Å²) in [6.07, 6.45) is 3.16. The number of carbonyl (C=O) groups is 2. The smallest absolute Gasteiger partial charge is 0.233 e. The number of hydrogen-bond donors (Lipinski definition) is 0. The molecule has 1 aliphatic carbocycles. The zero-order chi connectivity index (χ0) is 16.4. The van der Waals surface area contributed by atoms with Gasteiger partial charge >= 0.3 is 0 Å². The monoisotopic (exact) mass is 352 g/mol. The molecule has 0 N–H and O–H groups in total. The second-order valence-electron chi connectivity index (χ2n) is 6.16. The van der Waals surface area contributed by atoms with E-state index in [0.29, 0.717) is 23.9 Å². The highest BCUT2D eigenvalue weighted by atomic mass is 35.5. The third kappa shape index (κ3) is 3.50. The summed E-state index contributed by atoms with van der Waals surface area (Å²) in [4.78, 5) is 28.0. The van der Waals surface area contributed by atoms with Gasteiger partial charge in [-0.05, 0) is 18.9 Å². The highest BCUT2D eigenvalue weighted by Gasteiger charge is 2.34. The van der Waals surface area contributed by atoms with Crippen molar-refractivity contribution in [2.75, 3.05) is 25.9 Å². The van der Waals surface area contributed by atoms with Gasteiger partial charge in [-0.1, -0.05) is 36.2 Å². The highest BCUT2D eigenvalue weighted by Crippen LogP contribution is 2.41. The average molecular weight is 353 g/mol. The van der Waals surface area contributed by atoms with Crippen molar-refractivity contribution in [3.8, 4) is 0 Å². The van der Waals surface area contributed by atoms with Crippen LogP contribution in [0, 0.1) is 5.92 Å². The molecule has 23 heavy (non-hydrogen) atoms. The molecule has 0 aromatic heterocycles. The molecule has 1 atom stereocenters. The fraction of sp³-hybridized carbons (Fsp3) is 0.529. The summed E-state index contributed by atoms with van der Waals surface area (Å²) < 4.78 is 0. The van der Waals surface area contributed by atoms with E-state index < -0.39 is 0 Å². The lowest BCUT2D eigenvalue weighted by molar-refractivity contribution is -0.138. The number of nitrogens with zero attached hydrogens (tertiary/aromatic N) is 2. The van der Waals surface area contributed by atoms with Crippen molar-refractivity contribution < 1.29 is 9.59 Å². The number of carbonyl (C=O) groups excluding carboxylic acids is 2. The lowest BCUT2D eigenvalue weighted by Crippen LogP contribution is -2.41. The van der Waals surface area contributed by atoms with E-state index in [4.69, 9.17) is 11.6 Å². The van der Waals surface area contributed by atoms with Gasteiger partial charge in [-0.2, -0.15) is 0 Å². The van der Waals surface area contributed by atoms with Crippen LogP contribution in [-0.2, 0) is 9.59 Å². The molecule has 1 saturated heterocycles. The molecular weight excluding hydrogens is 332 g/mol. The second-order valence-corrected chi connectivity index (χ2v) is 7.64. The maximum Gasteiger partial charge on any atom is 0.233 e. The van der Waals surface area contributed by atoms with Crippen LogP contribution >= 0.6 is 23.4 Å². The molecule has 0 radical (unpaired) electrons. The molecule has 0 spiro atoms. The van der Waals surface area contributed by atoms with E-state index in [2.05, 4.69) is 0 Å². The quantitative estimate of drug-likeness (QED) is 0.817. The van der Waals surface area contributed by atoms with Gasteiger partial charge in [0.05, 0.1) is 5.75 Å². The third-order valence-corrected chi connectivity index (χ3v) is 6.23. The summed E-state index contributed by atoms with van der Waals surface area (Å²) in [5.41, 5.74) is 0.970. The minimum absolute atomic E-state index is 0.0524. The molecule has 2 amide bonds. The summed E-state index contributed by atoms with van der Waals surface area (Å²) in [5, 5.41) is 0.631. The van der Waals surface area contributed by atoms with Crippen molar-refractivity contribution in [2.45, 2.75) is 24.6 Å². The Kier molecular flexibility index (Phi) is 5.17. The summed E-state index contributed by atoms with van der Waals surface area (Å²) in [6, 6.07) is 7.65. The molecule has 1 aliphatic heterocycles. The van der Waals surface area contributed by atoms with E-state index >= 15 is 0 Å². The van der Waals surface area contributed by atoms with Crippen molar-refractivity contribution in [2.24, 2.45) is 5.92 Å². The molecule has 0 bridgehead atoms. The van der Waals surface area contributed by atoms with E-state index in [1.807, 2.05) is 36.2 Å². The minimum atomic E-state index is -0.0524. The maximum absolute atomic E-state index is 12.2. The van der Waals surface area contributed by atoms with Crippen molar-refractivity contribution in [3.05, 3.63) is 34.9 Å². The normalized spacial score (nSPS) is 21.4. The molecule has 0 unspecified atom stereocenters. The average Bonchev–Trinajstić information content (AvgIpc) is 2.84. The molecule has 1 saturated carbocycles. The van der Waals surface area contributed by atoms with Crippen LogP contribution in [0.1, 0.15) is 30.2 Å². The van der Waals surface area contributed by atoms with Gasteiger partial charge in [-0.25, -0.2) is 0 Å². The Balaban J connectivity index is 1.64. The van der Waals surface area contributed by atoms with Gasteiger partial charge in [0.25, 0.3) is 0 Å². The number of hydrogen-bond acceptors (Lipinski definition) is 3. The molecule has 2 fully saturated rings. The van der Waals surface area contributed by atoms with E-state index in [-0.39, 0.29) is 23.1 Å². The second kappa shape index (κ2) is 7.14. The third-order valence-electron chi connectivity index (χ3n) is 4.65. The number of benzene rings is 1. The van der Waals surface area contributed by atoms with Crippen molar-refractivity contribution >= 4 is 35.2 Å². The topological polar surface area (TPSA) is 40.6 Å². The number of likely N-dealkylation sites (N-methyl/N-ethyl adjacent to an activating group) is 1. The molecule has 4 nitrogen and oxygen atoms in total. The molecule has 6 heteroatoms. The SMILES string of the molecule is CN(CCN1C(=O)CS[C@H]1c1ccccc1Cl)C(=O)C1CCC1. The lowest BCUT2D eigenvalue weighted by Gasteiger charge is -2.31. The Labute approximate surface area is 146 Å². The predicted molar refractivity (Wildman–Crippen MR) is 93.3 cm³/mol. The van der Waals surface area contributed by atoms with Gasteiger partial charge in [-0.15, -0.1) is 11.8 Å². The standard InChI is InChI=1S/C17H21ClN2O2S/c1-19(16(22)12-5-4-6-12)9-10-20-15(21)11-23-17(20)13-7-2-3-8-14(13)18/h2-3,7-8,12,17H,4-6,9-11H2,1H3/t17-/m0/s1. The fourth-order valence-corrected chi connectivity index (χ4v) is 4.52. The summed E-state index contributed by atoms with van der Waals surface area (Å²) in [5.74, 6) is 0.994. The Bertz CT molecular complexity index is 606. The lowest BCUT2D eigenvalue weighted by atomic mass is 9.84. The van der Waals surface area contributed by atoms with Gasteiger partial charge < -0.3 is 9.80 Å². The molecule has 1 aromatic rings. The molecule has 2 aliphatic rings.